The molecule has 0 unspecified atom stereocenters. The molecule has 1 aromatic rings. The number of benzene rings is 1. The molecule has 0 radical (unpaired) electrons. The molecule has 0 saturated carbocycles. The standard InChI is InChI=1S/C15H17ClO5/c1-5-21-12-6-8(2)14(16)9(3)13(12)10(17)7-11(18)15(19)20-4/h6-7,17H,5H2,1-4H3/b10-7-. The number of methoxy groups -OCH3 is 1. The van der Waals surface area contributed by atoms with Gasteiger partial charge in [0.25, 0.3) is 5.78 Å². The number of carbonyl (C=O) groups is 2. The van der Waals surface area contributed by atoms with Crippen LogP contribution < -0.4 is 4.74 Å². The SMILES string of the molecule is CCOc1cc(C)c(Cl)c(C)c1/C(O)=C/C(=O)C(=O)OC. The monoisotopic (exact) mass is 312 g/mol. The molecule has 0 aliphatic carbocycles. The van der Waals surface area contributed by atoms with Crippen LogP contribution in [-0.4, -0.2) is 30.6 Å². The lowest BCUT2D eigenvalue weighted by molar-refractivity contribution is -0.149. The number of aliphatic hydroxyl groups excluding tert-OH is 1. The molecule has 0 aliphatic rings. The van der Waals surface area contributed by atoms with E-state index in [0.717, 1.165) is 18.7 Å². The lowest BCUT2D eigenvalue weighted by atomic mass is 10.0. The zero-order valence-electron chi connectivity index (χ0n) is 12.3. The average Bonchev–Trinajstić information content (AvgIpc) is 2.44. The maximum absolute atomic E-state index is 11.5. The largest absolute Gasteiger partial charge is 0.507 e. The van der Waals surface area contributed by atoms with Crippen LogP contribution in [0.1, 0.15) is 23.6 Å². The molecule has 0 bridgehead atoms. The summed E-state index contributed by atoms with van der Waals surface area (Å²) >= 11 is 6.15. The van der Waals surface area contributed by atoms with Crippen molar-refractivity contribution in [3.05, 3.63) is 33.9 Å². The highest BCUT2D eigenvalue weighted by Crippen LogP contribution is 2.35. The normalized spacial score (nSPS) is 11.2. The summed E-state index contributed by atoms with van der Waals surface area (Å²) in [6, 6.07) is 1.67. The summed E-state index contributed by atoms with van der Waals surface area (Å²) in [5.41, 5.74) is 1.63. The van der Waals surface area contributed by atoms with Crippen molar-refractivity contribution >= 4 is 29.1 Å². The molecule has 1 rings (SSSR count). The maximum Gasteiger partial charge on any atom is 0.378 e. The minimum Gasteiger partial charge on any atom is -0.507 e. The van der Waals surface area contributed by atoms with Crippen LogP contribution in [0, 0.1) is 13.8 Å². The van der Waals surface area contributed by atoms with Gasteiger partial charge in [-0.15, -0.1) is 0 Å². The first-order valence-corrected chi connectivity index (χ1v) is 6.67. The molecule has 1 aromatic carbocycles. The van der Waals surface area contributed by atoms with E-state index in [9.17, 15) is 14.7 Å². The summed E-state index contributed by atoms with van der Waals surface area (Å²) in [6.07, 6.45) is 0.794. The van der Waals surface area contributed by atoms with Crippen molar-refractivity contribution in [2.75, 3.05) is 13.7 Å². The molecule has 0 atom stereocenters. The summed E-state index contributed by atoms with van der Waals surface area (Å²) < 4.78 is 9.75. The highest BCUT2D eigenvalue weighted by Gasteiger charge is 2.19. The van der Waals surface area contributed by atoms with Crippen LogP contribution in [0.3, 0.4) is 0 Å². The maximum atomic E-state index is 11.5. The lowest BCUT2D eigenvalue weighted by Gasteiger charge is -2.15. The van der Waals surface area contributed by atoms with Gasteiger partial charge in [0.1, 0.15) is 11.5 Å². The van der Waals surface area contributed by atoms with Gasteiger partial charge < -0.3 is 14.6 Å². The summed E-state index contributed by atoms with van der Waals surface area (Å²) in [6.45, 7) is 5.68. The fraction of sp³-hybridized carbons (Fsp3) is 0.333. The van der Waals surface area contributed by atoms with Crippen LogP contribution in [0.5, 0.6) is 5.75 Å². The number of aliphatic hydroxyl groups is 1. The van der Waals surface area contributed by atoms with Crippen molar-refractivity contribution in [2.24, 2.45) is 0 Å². The molecule has 0 aliphatic heterocycles. The van der Waals surface area contributed by atoms with Gasteiger partial charge in [-0.25, -0.2) is 4.79 Å². The molecule has 6 heteroatoms. The second-order valence-corrected chi connectivity index (χ2v) is 4.70. The molecule has 1 N–H and O–H groups in total. The minimum atomic E-state index is -1.06. The molecular weight excluding hydrogens is 296 g/mol. The molecular formula is C15H17ClO5. The lowest BCUT2D eigenvalue weighted by Crippen LogP contribution is -2.13. The van der Waals surface area contributed by atoms with Gasteiger partial charge in [-0.2, -0.15) is 0 Å². The van der Waals surface area contributed by atoms with Gasteiger partial charge in [-0.3, -0.25) is 4.79 Å². The summed E-state index contributed by atoms with van der Waals surface area (Å²) in [4.78, 5) is 22.6. The second kappa shape index (κ2) is 7.13. The van der Waals surface area contributed by atoms with E-state index in [1.165, 1.54) is 0 Å². The Morgan fingerprint density at radius 1 is 1.38 bits per heavy atom. The van der Waals surface area contributed by atoms with E-state index >= 15 is 0 Å². The Kier molecular flexibility index (Phi) is 5.79. The molecule has 5 nitrogen and oxygen atoms in total. The first-order valence-electron chi connectivity index (χ1n) is 6.29. The van der Waals surface area contributed by atoms with E-state index in [0.29, 0.717) is 22.9 Å². The van der Waals surface area contributed by atoms with Crippen LogP contribution in [0.2, 0.25) is 5.02 Å². The van der Waals surface area contributed by atoms with E-state index in [-0.39, 0.29) is 5.56 Å². The summed E-state index contributed by atoms with van der Waals surface area (Å²) in [5.74, 6) is -2.03. The van der Waals surface area contributed by atoms with E-state index in [1.54, 1.807) is 19.9 Å². The Morgan fingerprint density at radius 3 is 2.52 bits per heavy atom. The van der Waals surface area contributed by atoms with Crippen LogP contribution in [0.4, 0.5) is 0 Å². The number of carbonyl (C=O) groups excluding carboxylic acids is 2. The van der Waals surface area contributed by atoms with Crippen LogP contribution in [0.25, 0.3) is 5.76 Å². The topological polar surface area (TPSA) is 72.8 Å². The number of esters is 1. The summed E-state index contributed by atoms with van der Waals surface area (Å²) in [7, 11) is 1.09. The van der Waals surface area contributed by atoms with Gasteiger partial charge in [-0.1, -0.05) is 11.6 Å². The van der Waals surface area contributed by atoms with Crippen molar-refractivity contribution in [1.82, 2.24) is 0 Å². The molecule has 21 heavy (non-hydrogen) atoms. The number of rotatable bonds is 5. The van der Waals surface area contributed by atoms with Crippen molar-refractivity contribution in [1.29, 1.82) is 0 Å². The predicted octanol–water partition coefficient (Wildman–Crippen LogP) is 3.00. The number of ketones is 1. The average molecular weight is 313 g/mol. The van der Waals surface area contributed by atoms with Gasteiger partial charge in [0.2, 0.25) is 0 Å². The Balaban J connectivity index is 3.40. The number of hydrogen-bond donors (Lipinski definition) is 1. The van der Waals surface area contributed by atoms with Crippen molar-refractivity contribution in [2.45, 2.75) is 20.8 Å². The van der Waals surface area contributed by atoms with Gasteiger partial charge in [0, 0.05) is 11.1 Å². The second-order valence-electron chi connectivity index (χ2n) is 4.32. The van der Waals surface area contributed by atoms with Gasteiger partial charge in [-0.05, 0) is 38.0 Å². The van der Waals surface area contributed by atoms with Gasteiger partial charge in [0.15, 0.2) is 0 Å². The highest BCUT2D eigenvalue weighted by molar-refractivity contribution is 6.39. The van der Waals surface area contributed by atoms with Crippen molar-refractivity contribution < 1.29 is 24.2 Å². The molecule has 114 valence electrons. The Bertz CT molecular complexity index is 605. The third-order valence-electron chi connectivity index (χ3n) is 2.85. The number of hydrogen-bond acceptors (Lipinski definition) is 5. The van der Waals surface area contributed by atoms with E-state index in [2.05, 4.69) is 4.74 Å². The fourth-order valence-electron chi connectivity index (χ4n) is 1.87. The fourth-order valence-corrected chi connectivity index (χ4v) is 2.02. The third-order valence-corrected chi connectivity index (χ3v) is 3.44. The zero-order chi connectivity index (χ0) is 16.2. The quantitative estimate of drug-likeness (QED) is 0.391. The first-order chi connectivity index (χ1) is 9.83. The summed E-state index contributed by atoms with van der Waals surface area (Å²) in [5, 5.41) is 10.6. The third kappa shape index (κ3) is 3.76. The Hall–Kier alpha value is -2.01. The molecule has 0 fully saturated rings. The van der Waals surface area contributed by atoms with E-state index in [1.807, 2.05) is 6.92 Å². The zero-order valence-corrected chi connectivity index (χ0v) is 13.1. The Morgan fingerprint density at radius 2 is 2.00 bits per heavy atom. The molecule has 0 aromatic heterocycles. The van der Waals surface area contributed by atoms with Crippen molar-refractivity contribution in [3.63, 3.8) is 0 Å². The minimum absolute atomic E-state index is 0.282. The van der Waals surface area contributed by atoms with Gasteiger partial charge in [0.05, 0.1) is 19.3 Å². The number of halogens is 1. The number of aryl methyl sites for hydroxylation is 1. The molecule has 0 spiro atoms. The van der Waals surface area contributed by atoms with Crippen LogP contribution >= 0.6 is 11.6 Å². The van der Waals surface area contributed by atoms with Crippen LogP contribution in [-0.2, 0) is 14.3 Å². The molecule has 0 amide bonds. The predicted molar refractivity (Wildman–Crippen MR) is 79.7 cm³/mol. The number of ether oxygens (including phenoxy) is 2. The van der Waals surface area contributed by atoms with Crippen molar-refractivity contribution in [3.8, 4) is 5.75 Å². The molecule has 0 heterocycles. The van der Waals surface area contributed by atoms with E-state index < -0.39 is 17.5 Å². The van der Waals surface area contributed by atoms with Gasteiger partial charge >= 0.3 is 5.97 Å². The smallest absolute Gasteiger partial charge is 0.378 e. The Labute approximate surface area is 128 Å². The molecule has 0 saturated heterocycles. The highest BCUT2D eigenvalue weighted by atomic mass is 35.5. The first kappa shape index (κ1) is 17.0. The van der Waals surface area contributed by atoms with Crippen LogP contribution in [0.15, 0.2) is 12.1 Å². The van der Waals surface area contributed by atoms with E-state index in [4.69, 9.17) is 16.3 Å².